The van der Waals surface area contributed by atoms with Gasteiger partial charge in [-0.15, -0.1) is 0 Å². The predicted octanol–water partition coefficient (Wildman–Crippen LogP) is 3.00. The number of Topliss-reactive ketones (excluding diaryl/α,β-unsaturated/α-hetero) is 1. The number of hydrogen-bond acceptors (Lipinski definition) is 3. The third kappa shape index (κ3) is 2.25. The third-order valence-corrected chi connectivity index (χ3v) is 2.41. The fourth-order valence-electron chi connectivity index (χ4n) is 1.39. The second kappa shape index (κ2) is 4.41. The molecule has 0 spiro atoms. The van der Waals surface area contributed by atoms with Crippen molar-refractivity contribution in [3.8, 4) is 11.3 Å². The number of carbonyl (C=O) groups excluding carboxylic acids is 1. The number of aromatic nitrogens is 2. The van der Waals surface area contributed by atoms with Gasteiger partial charge in [-0.25, -0.2) is 9.97 Å². The highest BCUT2D eigenvalue weighted by molar-refractivity contribution is 6.29. The van der Waals surface area contributed by atoms with Crippen molar-refractivity contribution in [2.75, 3.05) is 0 Å². The van der Waals surface area contributed by atoms with Gasteiger partial charge < -0.3 is 0 Å². The monoisotopic (exact) mass is 232 g/mol. The molecular formula is C12H9ClN2O. The maximum absolute atomic E-state index is 11.2. The maximum Gasteiger partial charge on any atom is 0.159 e. The summed E-state index contributed by atoms with van der Waals surface area (Å²) in [6, 6.07) is 8.93. The van der Waals surface area contributed by atoms with E-state index in [1.165, 1.54) is 13.3 Å². The molecule has 0 bridgehead atoms. The molecule has 4 heteroatoms. The van der Waals surface area contributed by atoms with Crippen LogP contribution in [0.5, 0.6) is 0 Å². The van der Waals surface area contributed by atoms with E-state index >= 15 is 0 Å². The SMILES string of the molecule is CC(=O)c1cccc(-c2cc(Cl)ncn2)c1. The molecule has 0 unspecified atom stereocenters. The van der Waals surface area contributed by atoms with E-state index in [0.717, 1.165) is 5.56 Å². The van der Waals surface area contributed by atoms with Gasteiger partial charge in [-0.1, -0.05) is 29.8 Å². The molecule has 0 saturated heterocycles. The Labute approximate surface area is 98.1 Å². The van der Waals surface area contributed by atoms with Gasteiger partial charge in [-0.05, 0) is 13.0 Å². The van der Waals surface area contributed by atoms with Crippen LogP contribution in [-0.4, -0.2) is 15.8 Å². The Kier molecular flexibility index (Phi) is 2.97. The first-order chi connectivity index (χ1) is 7.66. The van der Waals surface area contributed by atoms with Gasteiger partial charge in [0.25, 0.3) is 0 Å². The summed E-state index contributed by atoms with van der Waals surface area (Å²) in [5, 5.41) is 0.387. The van der Waals surface area contributed by atoms with Gasteiger partial charge in [-0.2, -0.15) is 0 Å². The van der Waals surface area contributed by atoms with Crippen LogP contribution < -0.4 is 0 Å². The summed E-state index contributed by atoms with van der Waals surface area (Å²) in [4.78, 5) is 19.2. The van der Waals surface area contributed by atoms with Crippen molar-refractivity contribution < 1.29 is 4.79 Å². The fraction of sp³-hybridized carbons (Fsp3) is 0.0833. The quantitative estimate of drug-likeness (QED) is 0.591. The van der Waals surface area contributed by atoms with E-state index in [1.807, 2.05) is 12.1 Å². The first-order valence-corrected chi connectivity index (χ1v) is 5.13. The Hall–Kier alpha value is -1.74. The Morgan fingerprint density at radius 2 is 2.06 bits per heavy atom. The van der Waals surface area contributed by atoms with Crippen molar-refractivity contribution in [2.24, 2.45) is 0 Å². The van der Waals surface area contributed by atoms with Crippen LogP contribution >= 0.6 is 11.6 Å². The molecular weight excluding hydrogens is 224 g/mol. The summed E-state index contributed by atoms with van der Waals surface area (Å²) in [6.45, 7) is 1.53. The molecule has 0 radical (unpaired) electrons. The molecule has 0 amide bonds. The van der Waals surface area contributed by atoms with Crippen LogP contribution in [0.25, 0.3) is 11.3 Å². The van der Waals surface area contributed by atoms with E-state index in [2.05, 4.69) is 9.97 Å². The number of hydrogen-bond donors (Lipinski definition) is 0. The summed E-state index contributed by atoms with van der Waals surface area (Å²) >= 11 is 5.78. The van der Waals surface area contributed by atoms with Crippen LogP contribution in [0.15, 0.2) is 36.7 Å². The van der Waals surface area contributed by atoms with Crippen molar-refractivity contribution in [1.29, 1.82) is 0 Å². The van der Waals surface area contributed by atoms with Gasteiger partial charge in [0.1, 0.15) is 11.5 Å². The fourth-order valence-corrected chi connectivity index (χ4v) is 1.54. The van der Waals surface area contributed by atoms with Crippen molar-refractivity contribution in [2.45, 2.75) is 6.92 Å². The molecule has 0 saturated carbocycles. The minimum atomic E-state index is 0.0296. The van der Waals surface area contributed by atoms with Gasteiger partial charge in [-0.3, -0.25) is 4.79 Å². The van der Waals surface area contributed by atoms with Crippen LogP contribution in [0.4, 0.5) is 0 Å². The van der Waals surface area contributed by atoms with Gasteiger partial charge >= 0.3 is 0 Å². The molecule has 0 atom stereocenters. The molecule has 16 heavy (non-hydrogen) atoms. The van der Waals surface area contributed by atoms with Crippen molar-refractivity contribution >= 4 is 17.4 Å². The highest BCUT2D eigenvalue weighted by Gasteiger charge is 2.04. The molecule has 80 valence electrons. The molecule has 3 nitrogen and oxygen atoms in total. The van der Waals surface area contributed by atoms with E-state index in [-0.39, 0.29) is 5.78 Å². The lowest BCUT2D eigenvalue weighted by Gasteiger charge is -2.02. The summed E-state index contributed by atoms with van der Waals surface area (Å²) in [5.41, 5.74) is 2.23. The summed E-state index contributed by atoms with van der Waals surface area (Å²) in [7, 11) is 0. The van der Waals surface area contributed by atoms with E-state index in [1.54, 1.807) is 18.2 Å². The van der Waals surface area contributed by atoms with Crippen LogP contribution in [0, 0.1) is 0 Å². The molecule has 0 aliphatic rings. The standard InChI is InChI=1S/C12H9ClN2O/c1-8(16)9-3-2-4-10(5-9)11-6-12(13)15-7-14-11/h2-7H,1H3. The van der Waals surface area contributed by atoms with Crippen LogP contribution in [0.2, 0.25) is 5.15 Å². The maximum atomic E-state index is 11.2. The zero-order valence-electron chi connectivity index (χ0n) is 8.64. The molecule has 0 aliphatic heterocycles. The first kappa shape index (κ1) is 10.8. The molecule has 0 fully saturated rings. The van der Waals surface area contributed by atoms with Crippen molar-refractivity contribution in [3.63, 3.8) is 0 Å². The van der Waals surface area contributed by atoms with Crippen LogP contribution in [0.1, 0.15) is 17.3 Å². The highest BCUT2D eigenvalue weighted by atomic mass is 35.5. The number of nitrogens with zero attached hydrogens (tertiary/aromatic N) is 2. The van der Waals surface area contributed by atoms with Crippen LogP contribution in [-0.2, 0) is 0 Å². The van der Waals surface area contributed by atoms with E-state index in [4.69, 9.17) is 11.6 Å². The Bertz CT molecular complexity index is 540. The highest BCUT2D eigenvalue weighted by Crippen LogP contribution is 2.20. The first-order valence-electron chi connectivity index (χ1n) is 4.76. The van der Waals surface area contributed by atoms with E-state index < -0.39 is 0 Å². The Balaban J connectivity index is 2.48. The lowest BCUT2D eigenvalue weighted by molar-refractivity contribution is 0.101. The van der Waals surface area contributed by atoms with E-state index in [0.29, 0.717) is 16.4 Å². The van der Waals surface area contributed by atoms with Gasteiger partial charge in [0.2, 0.25) is 0 Å². The summed E-state index contributed by atoms with van der Waals surface area (Å²) < 4.78 is 0. The Morgan fingerprint density at radius 3 is 2.75 bits per heavy atom. The topological polar surface area (TPSA) is 42.9 Å². The largest absolute Gasteiger partial charge is 0.295 e. The molecule has 0 N–H and O–H groups in total. The molecule has 1 heterocycles. The van der Waals surface area contributed by atoms with Gasteiger partial charge in [0.05, 0.1) is 5.69 Å². The zero-order chi connectivity index (χ0) is 11.5. The second-order valence-electron chi connectivity index (χ2n) is 3.36. The average molecular weight is 233 g/mol. The van der Waals surface area contributed by atoms with Crippen LogP contribution in [0.3, 0.4) is 0 Å². The lowest BCUT2D eigenvalue weighted by Crippen LogP contribution is -1.93. The molecule has 1 aromatic heterocycles. The molecule has 1 aromatic carbocycles. The predicted molar refractivity (Wildman–Crippen MR) is 62.5 cm³/mol. The van der Waals surface area contributed by atoms with E-state index in [9.17, 15) is 4.79 Å². The number of carbonyl (C=O) groups is 1. The summed E-state index contributed by atoms with van der Waals surface area (Å²) in [6.07, 6.45) is 1.40. The smallest absolute Gasteiger partial charge is 0.159 e. The second-order valence-corrected chi connectivity index (χ2v) is 3.75. The number of rotatable bonds is 2. The molecule has 2 aromatic rings. The molecule has 2 rings (SSSR count). The number of benzene rings is 1. The van der Waals surface area contributed by atoms with Gasteiger partial charge in [0.15, 0.2) is 5.78 Å². The van der Waals surface area contributed by atoms with Gasteiger partial charge in [0, 0.05) is 17.2 Å². The van der Waals surface area contributed by atoms with Crippen molar-refractivity contribution in [1.82, 2.24) is 9.97 Å². The number of halogens is 1. The lowest BCUT2D eigenvalue weighted by atomic mass is 10.1. The third-order valence-electron chi connectivity index (χ3n) is 2.20. The summed E-state index contributed by atoms with van der Waals surface area (Å²) in [5.74, 6) is 0.0296. The molecule has 0 aliphatic carbocycles. The minimum absolute atomic E-state index is 0.0296. The van der Waals surface area contributed by atoms with Crippen molar-refractivity contribution in [3.05, 3.63) is 47.4 Å². The number of ketones is 1. The Morgan fingerprint density at radius 1 is 1.25 bits per heavy atom. The minimum Gasteiger partial charge on any atom is -0.295 e. The normalized spacial score (nSPS) is 10.1. The zero-order valence-corrected chi connectivity index (χ0v) is 9.40. The average Bonchev–Trinajstić information content (AvgIpc) is 2.29.